The molecule has 1 rings (SSSR count). The smallest absolute Gasteiger partial charge is 0.0341 e. The Morgan fingerprint density at radius 2 is 1.77 bits per heavy atom. The molecule has 0 nitrogen and oxygen atoms in total. The van der Waals surface area contributed by atoms with E-state index in [9.17, 15) is 0 Å². The van der Waals surface area contributed by atoms with E-state index in [0.29, 0.717) is 0 Å². The Morgan fingerprint density at radius 3 is 2.23 bits per heavy atom. The Morgan fingerprint density at radius 1 is 1.23 bits per heavy atom. The lowest BCUT2D eigenvalue weighted by Crippen LogP contribution is -2.13. The molecule has 0 aromatic heterocycles. The average Bonchev–Trinajstić information content (AvgIpc) is 1.98. The molecule has 0 fully saturated rings. The predicted octanol–water partition coefficient (Wildman–Crippen LogP) is 4.66. The Hall–Kier alpha value is 0.430. The first-order chi connectivity index (χ1) is 5.84. The van der Waals surface area contributed by atoms with Crippen LogP contribution in [0.4, 0.5) is 0 Å². The minimum absolute atomic E-state index is 0.229. The summed E-state index contributed by atoms with van der Waals surface area (Å²) in [5, 5.41) is 0. The largest absolute Gasteiger partial charge is 0.0578 e. The van der Waals surface area contributed by atoms with Gasteiger partial charge in [0.05, 0.1) is 0 Å². The molecule has 0 saturated heterocycles. The summed E-state index contributed by atoms with van der Waals surface area (Å²) in [7, 11) is 0. The third-order valence-electron chi connectivity index (χ3n) is 2.08. The highest BCUT2D eigenvalue weighted by Crippen LogP contribution is 2.33. The second-order valence-electron chi connectivity index (χ2n) is 4.31. The first kappa shape index (κ1) is 11.5. The lowest BCUT2D eigenvalue weighted by Gasteiger charge is -2.22. The molecule has 0 aliphatic heterocycles. The maximum Gasteiger partial charge on any atom is 0.0341 e. The summed E-state index contributed by atoms with van der Waals surface area (Å²) in [4.78, 5) is 0. The van der Waals surface area contributed by atoms with E-state index in [4.69, 9.17) is 0 Å². The number of hydrogen-bond acceptors (Lipinski definition) is 0. The van der Waals surface area contributed by atoms with Crippen LogP contribution in [0.3, 0.4) is 0 Å². The summed E-state index contributed by atoms with van der Waals surface area (Å²) in [6.07, 6.45) is 0. The number of hydrogen-bond donors (Lipinski definition) is 0. The summed E-state index contributed by atoms with van der Waals surface area (Å²) >= 11 is 6.02. The Labute approximate surface area is 102 Å². The lowest BCUT2D eigenvalue weighted by molar-refractivity contribution is 0.586. The second kappa shape index (κ2) is 3.89. The minimum Gasteiger partial charge on any atom is -0.0578 e. The van der Waals surface area contributed by atoms with Crippen molar-refractivity contribution in [2.24, 2.45) is 0 Å². The highest BCUT2D eigenvalue weighted by atomic mass is 127. The third kappa shape index (κ3) is 2.46. The van der Waals surface area contributed by atoms with Crippen LogP contribution in [0.5, 0.6) is 0 Å². The SMILES string of the molecule is Cc1ccc(C(C)(C)C)c(I)c1Br. The van der Waals surface area contributed by atoms with Crippen molar-refractivity contribution in [1.29, 1.82) is 0 Å². The molecule has 0 heterocycles. The summed E-state index contributed by atoms with van der Waals surface area (Å²) < 4.78 is 2.57. The zero-order valence-electron chi connectivity index (χ0n) is 8.41. The molecule has 2 heteroatoms. The number of halogens is 2. The van der Waals surface area contributed by atoms with Crippen molar-refractivity contribution in [3.05, 3.63) is 31.3 Å². The fraction of sp³-hybridized carbons (Fsp3) is 0.455. The molecule has 1 aromatic carbocycles. The van der Waals surface area contributed by atoms with Gasteiger partial charge in [0.25, 0.3) is 0 Å². The Bertz CT molecular complexity index is 324. The van der Waals surface area contributed by atoms with Gasteiger partial charge in [-0.1, -0.05) is 32.9 Å². The molecule has 0 unspecified atom stereocenters. The van der Waals surface area contributed by atoms with E-state index in [1.165, 1.54) is 19.2 Å². The zero-order chi connectivity index (χ0) is 10.2. The zero-order valence-corrected chi connectivity index (χ0v) is 12.2. The molecule has 0 saturated carbocycles. The first-order valence-electron chi connectivity index (χ1n) is 4.29. The topological polar surface area (TPSA) is 0 Å². The van der Waals surface area contributed by atoms with Crippen molar-refractivity contribution in [2.45, 2.75) is 33.1 Å². The van der Waals surface area contributed by atoms with Crippen molar-refractivity contribution in [1.82, 2.24) is 0 Å². The van der Waals surface area contributed by atoms with Gasteiger partial charge in [0.1, 0.15) is 0 Å². The third-order valence-corrected chi connectivity index (χ3v) is 4.97. The van der Waals surface area contributed by atoms with Gasteiger partial charge in [-0.2, -0.15) is 0 Å². The van der Waals surface area contributed by atoms with E-state index in [2.05, 4.69) is 78.3 Å². The number of benzene rings is 1. The standard InChI is InChI=1S/C11H14BrI/c1-7-5-6-8(11(2,3)4)10(13)9(7)12/h5-6H,1-4H3. The van der Waals surface area contributed by atoms with E-state index in [1.807, 2.05) is 0 Å². The molecule has 13 heavy (non-hydrogen) atoms. The first-order valence-corrected chi connectivity index (χ1v) is 6.16. The normalized spacial score (nSPS) is 11.8. The fourth-order valence-electron chi connectivity index (χ4n) is 1.23. The molecule has 0 spiro atoms. The summed E-state index contributed by atoms with van der Waals surface area (Å²) in [6, 6.07) is 4.40. The van der Waals surface area contributed by atoms with Crippen LogP contribution >= 0.6 is 38.5 Å². The highest BCUT2D eigenvalue weighted by Gasteiger charge is 2.18. The minimum atomic E-state index is 0.229. The van der Waals surface area contributed by atoms with E-state index < -0.39 is 0 Å². The van der Waals surface area contributed by atoms with Crippen LogP contribution in [0.2, 0.25) is 0 Å². The molecule has 0 amide bonds. The van der Waals surface area contributed by atoms with Crippen LogP contribution in [0.15, 0.2) is 16.6 Å². The number of rotatable bonds is 0. The van der Waals surface area contributed by atoms with E-state index in [-0.39, 0.29) is 5.41 Å². The van der Waals surface area contributed by atoms with Gasteiger partial charge in [-0.25, -0.2) is 0 Å². The second-order valence-corrected chi connectivity index (χ2v) is 6.18. The maximum absolute atomic E-state index is 3.61. The number of aryl methyl sites for hydroxylation is 1. The molecular weight excluding hydrogens is 339 g/mol. The van der Waals surface area contributed by atoms with Crippen LogP contribution in [0.1, 0.15) is 31.9 Å². The van der Waals surface area contributed by atoms with Gasteiger partial charge in [-0.05, 0) is 62.0 Å². The van der Waals surface area contributed by atoms with Crippen LogP contribution in [-0.4, -0.2) is 0 Å². The molecule has 0 atom stereocenters. The molecule has 0 bridgehead atoms. The molecule has 0 aliphatic carbocycles. The van der Waals surface area contributed by atoms with E-state index in [0.717, 1.165) is 0 Å². The van der Waals surface area contributed by atoms with Crippen LogP contribution in [-0.2, 0) is 5.41 Å². The van der Waals surface area contributed by atoms with Gasteiger partial charge in [0.2, 0.25) is 0 Å². The van der Waals surface area contributed by atoms with Crippen LogP contribution in [0, 0.1) is 10.5 Å². The quantitative estimate of drug-likeness (QED) is 0.596. The molecule has 0 aliphatic rings. The van der Waals surface area contributed by atoms with Crippen molar-refractivity contribution in [3.8, 4) is 0 Å². The van der Waals surface area contributed by atoms with Crippen LogP contribution < -0.4 is 0 Å². The van der Waals surface area contributed by atoms with Gasteiger partial charge in [0.15, 0.2) is 0 Å². The van der Waals surface area contributed by atoms with E-state index >= 15 is 0 Å². The van der Waals surface area contributed by atoms with Crippen molar-refractivity contribution < 1.29 is 0 Å². The molecular formula is C11H14BrI. The molecule has 0 N–H and O–H groups in total. The van der Waals surface area contributed by atoms with Gasteiger partial charge in [-0.15, -0.1) is 0 Å². The monoisotopic (exact) mass is 352 g/mol. The van der Waals surface area contributed by atoms with Crippen molar-refractivity contribution in [2.75, 3.05) is 0 Å². The van der Waals surface area contributed by atoms with Crippen LogP contribution in [0.25, 0.3) is 0 Å². The molecule has 1 aromatic rings. The van der Waals surface area contributed by atoms with Gasteiger partial charge >= 0.3 is 0 Å². The van der Waals surface area contributed by atoms with Crippen molar-refractivity contribution in [3.63, 3.8) is 0 Å². The molecule has 0 radical (unpaired) electrons. The summed E-state index contributed by atoms with van der Waals surface area (Å²) in [5.41, 5.74) is 2.94. The van der Waals surface area contributed by atoms with Gasteiger partial charge in [-0.3, -0.25) is 0 Å². The Balaban J connectivity index is 3.35. The summed E-state index contributed by atoms with van der Waals surface area (Å²) in [6.45, 7) is 8.85. The predicted molar refractivity (Wildman–Crippen MR) is 70.3 cm³/mol. The average molecular weight is 353 g/mol. The maximum atomic E-state index is 3.61. The van der Waals surface area contributed by atoms with Crippen molar-refractivity contribution >= 4 is 38.5 Å². The molecule has 72 valence electrons. The van der Waals surface area contributed by atoms with Gasteiger partial charge < -0.3 is 0 Å². The lowest BCUT2D eigenvalue weighted by atomic mass is 9.87. The highest BCUT2D eigenvalue weighted by molar-refractivity contribution is 14.1. The summed E-state index contributed by atoms with van der Waals surface area (Å²) in [5.74, 6) is 0. The fourth-order valence-corrected chi connectivity index (χ4v) is 2.99. The Kier molecular flexibility index (Phi) is 3.44. The van der Waals surface area contributed by atoms with E-state index in [1.54, 1.807) is 0 Å². The van der Waals surface area contributed by atoms with Gasteiger partial charge in [0, 0.05) is 8.04 Å².